The van der Waals surface area contributed by atoms with Gasteiger partial charge < -0.3 is 20.1 Å². The monoisotopic (exact) mass is 547 g/mol. The minimum atomic E-state index is -0.956. The number of nitrogens with one attached hydrogen (secondary N) is 1. The topological polar surface area (TPSA) is 104 Å². The zero-order chi connectivity index (χ0) is 28.9. The van der Waals surface area contributed by atoms with E-state index in [0.717, 1.165) is 52.0 Å². The minimum absolute atomic E-state index is 0.206. The average molecular weight is 548 g/mol. The highest BCUT2D eigenvalue weighted by Gasteiger charge is 2.19. The normalized spacial score (nSPS) is 11.9. The first-order valence-electron chi connectivity index (χ1n) is 13.8. The van der Waals surface area contributed by atoms with E-state index in [1.165, 1.54) is 0 Å². The van der Waals surface area contributed by atoms with Crippen LogP contribution in [0.1, 0.15) is 62.6 Å². The summed E-state index contributed by atoms with van der Waals surface area (Å²) in [7, 11) is 0. The molecule has 5 aromatic rings. The number of carbonyl (C=O) groups is 2. The third kappa shape index (κ3) is 5.90. The number of carboxylic acid groups (broad SMARTS) is 1. The summed E-state index contributed by atoms with van der Waals surface area (Å²) in [5.41, 5.74) is 6.80. The molecule has 0 spiro atoms. The van der Waals surface area contributed by atoms with Gasteiger partial charge in [0.2, 0.25) is 0 Å². The van der Waals surface area contributed by atoms with Crippen LogP contribution in [0.2, 0.25) is 0 Å². The molecule has 0 radical (unpaired) electrons. The van der Waals surface area contributed by atoms with Crippen molar-refractivity contribution in [2.24, 2.45) is 0 Å². The van der Waals surface area contributed by atoms with Gasteiger partial charge in [-0.1, -0.05) is 79.7 Å². The molecule has 0 fully saturated rings. The van der Waals surface area contributed by atoms with Crippen LogP contribution in [0.4, 0.5) is 0 Å². The number of imidazole rings is 1. The van der Waals surface area contributed by atoms with Crippen molar-refractivity contribution < 1.29 is 19.8 Å². The summed E-state index contributed by atoms with van der Waals surface area (Å²) in [5, 5.41) is 22.5. The van der Waals surface area contributed by atoms with Crippen molar-refractivity contribution in [3.63, 3.8) is 0 Å². The molecule has 4 aromatic carbocycles. The fraction of sp³-hybridized carbons (Fsp3) is 0.206. The maximum Gasteiger partial charge on any atom is 0.336 e. The molecule has 0 unspecified atom stereocenters. The first kappa shape index (κ1) is 27.8. The van der Waals surface area contributed by atoms with Gasteiger partial charge in [0.05, 0.1) is 29.2 Å². The molecule has 0 saturated carbocycles. The average Bonchev–Trinajstić information content (AvgIpc) is 3.34. The van der Waals surface area contributed by atoms with Crippen LogP contribution in [0, 0.1) is 6.92 Å². The Kier molecular flexibility index (Phi) is 8.26. The second-order valence-corrected chi connectivity index (χ2v) is 10.2. The highest BCUT2D eigenvalue weighted by molar-refractivity contribution is 5.99. The molecular weight excluding hydrogens is 514 g/mol. The van der Waals surface area contributed by atoms with Crippen molar-refractivity contribution in [2.45, 2.75) is 39.3 Å². The number of hydrogen-bond donors (Lipinski definition) is 3. The second kappa shape index (κ2) is 12.2. The summed E-state index contributed by atoms with van der Waals surface area (Å²) in [6.45, 7) is 4.42. The molecule has 0 aliphatic rings. The van der Waals surface area contributed by atoms with E-state index in [4.69, 9.17) is 4.98 Å². The number of aromatic nitrogens is 2. The fourth-order valence-corrected chi connectivity index (χ4v) is 5.22. The number of carbonyl (C=O) groups excluding carboxylic acids is 1. The standard InChI is InChI=1S/C34H33N3O4/c1-3-9-31-36-32-22(2)18-26(33(39)35-29(21-38)25-10-5-4-6-11-25)19-30(32)37(31)20-23-14-16-24(17-15-23)27-12-7-8-13-28(27)34(40)41/h4-8,10-19,29,38H,3,9,20-21H2,1-2H3,(H,35,39)(H,40,41)/t29-/m0/s1. The number of rotatable bonds is 10. The molecule has 7 heteroatoms. The number of nitrogens with zero attached hydrogens (tertiary/aromatic N) is 2. The number of aryl methyl sites for hydroxylation is 2. The summed E-state index contributed by atoms with van der Waals surface area (Å²) >= 11 is 0. The van der Waals surface area contributed by atoms with E-state index in [2.05, 4.69) is 16.8 Å². The molecule has 41 heavy (non-hydrogen) atoms. The van der Waals surface area contributed by atoms with Crippen LogP contribution in [0.5, 0.6) is 0 Å². The van der Waals surface area contributed by atoms with Crippen LogP contribution in [-0.2, 0) is 13.0 Å². The lowest BCUT2D eigenvalue weighted by Crippen LogP contribution is -2.30. The van der Waals surface area contributed by atoms with E-state index in [1.807, 2.05) is 85.8 Å². The van der Waals surface area contributed by atoms with Crippen LogP contribution in [0.25, 0.3) is 22.2 Å². The number of aliphatic hydroxyl groups excluding tert-OH is 1. The van der Waals surface area contributed by atoms with Crippen molar-refractivity contribution in [2.75, 3.05) is 6.61 Å². The van der Waals surface area contributed by atoms with E-state index in [0.29, 0.717) is 17.7 Å². The summed E-state index contributed by atoms with van der Waals surface area (Å²) in [5.74, 6) is -0.270. The number of amides is 1. The Bertz CT molecular complexity index is 1690. The zero-order valence-electron chi connectivity index (χ0n) is 23.2. The Morgan fingerprint density at radius 3 is 2.34 bits per heavy atom. The van der Waals surface area contributed by atoms with Crippen LogP contribution in [-0.4, -0.2) is 38.2 Å². The van der Waals surface area contributed by atoms with Gasteiger partial charge in [-0.15, -0.1) is 0 Å². The molecule has 0 aliphatic heterocycles. The van der Waals surface area contributed by atoms with Crippen molar-refractivity contribution in [1.29, 1.82) is 0 Å². The van der Waals surface area contributed by atoms with Crippen molar-refractivity contribution >= 4 is 22.9 Å². The van der Waals surface area contributed by atoms with Gasteiger partial charge in [0.25, 0.3) is 5.91 Å². The molecule has 1 amide bonds. The lowest BCUT2D eigenvalue weighted by molar-refractivity contribution is 0.0697. The van der Waals surface area contributed by atoms with Crippen LogP contribution < -0.4 is 5.32 Å². The van der Waals surface area contributed by atoms with E-state index >= 15 is 0 Å². The van der Waals surface area contributed by atoms with Crippen LogP contribution in [0.3, 0.4) is 0 Å². The van der Waals surface area contributed by atoms with E-state index in [1.54, 1.807) is 12.1 Å². The number of aromatic carboxylic acids is 1. The maximum absolute atomic E-state index is 13.3. The summed E-state index contributed by atoms with van der Waals surface area (Å²) < 4.78 is 2.16. The van der Waals surface area contributed by atoms with Crippen molar-refractivity contribution in [1.82, 2.24) is 14.9 Å². The largest absolute Gasteiger partial charge is 0.478 e. The van der Waals surface area contributed by atoms with E-state index in [9.17, 15) is 19.8 Å². The molecule has 0 bridgehead atoms. The molecule has 0 aliphatic carbocycles. The summed E-state index contributed by atoms with van der Waals surface area (Å²) in [6.07, 6.45) is 1.72. The number of hydrogen-bond acceptors (Lipinski definition) is 4. The fourth-order valence-electron chi connectivity index (χ4n) is 5.22. The molecule has 7 nitrogen and oxygen atoms in total. The number of fused-ring (bicyclic) bond motifs is 1. The number of aliphatic hydroxyl groups is 1. The molecular formula is C34H33N3O4. The zero-order valence-corrected chi connectivity index (χ0v) is 23.2. The van der Waals surface area contributed by atoms with Gasteiger partial charge in [0, 0.05) is 18.5 Å². The first-order chi connectivity index (χ1) is 19.9. The smallest absolute Gasteiger partial charge is 0.336 e. The quantitative estimate of drug-likeness (QED) is 0.194. The van der Waals surface area contributed by atoms with Crippen LogP contribution >= 0.6 is 0 Å². The van der Waals surface area contributed by atoms with Gasteiger partial charge in [0.15, 0.2) is 0 Å². The highest BCUT2D eigenvalue weighted by Crippen LogP contribution is 2.27. The molecule has 0 saturated heterocycles. The molecule has 1 atom stereocenters. The predicted molar refractivity (Wildman–Crippen MR) is 160 cm³/mol. The highest BCUT2D eigenvalue weighted by atomic mass is 16.4. The van der Waals surface area contributed by atoms with Gasteiger partial charge in [-0.05, 0) is 59.4 Å². The number of benzene rings is 4. The maximum atomic E-state index is 13.3. The van der Waals surface area contributed by atoms with Crippen LogP contribution in [0.15, 0.2) is 91.0 Å². The molecule has 208 valence electrons. The Hall–Kier alpha value is -4.75. The minimum Gasteiger partial charge on any atom is -0.478 e. The Morgan fingerprint density at radius 1 is 0.951 bits per heavy atom. The lowest BCUT2D eigenvalue weighted by atomic mass is 9.98. The van der Waals surface area contributed by atoms with Gasteiger partial charge in [0.1, 0.15) is 5.82 Å². The summed E-state index contributed by atoms with van der Waals surface area (Å²) in [6, 6.07) is 27.5. The van der Waals surface area contributed by atoms with E-state index in [-0.39, 0.29) is 18.1 Å². The first-order valence-corrected chi connectivity index (χ1v) is 13.8. The van der Waals surface area contributed by atoms with Gasteiger partial charge in [-0.2, -0.15) is 0 Å². The van der Waals surface area contributed by atoms with E-state index < -0.39 is 12.0 Å². The number of carboxylic acids is 1. The van der Waals surface area contributed by atoms with Gasteiger partial charge in [-0.25, -0.2) is 9.78 Å². The predicted octanol–water partition coefficient (Wildman–Crippen LogP) is 6.17. The Labute approximate surface area is 239 Å². The molecule has 3 N–H and O–H groups in total. The third-order valence-electron chi connectivity index (χ3n) is 7.31. The van der Waals surface area contributed by atoms with Crippen molar-refractivity contribution in [3.05, 3.63) is 125 Å². The lowest BCUT2D eigenvalue weighted by Gasteiger charge is -2.17. The summed E-state index contributed by atoms with van der Waals surface area (Å²) in [4.78, 5) is 30.0. The molecule has 1 aromatic heterocycles. The molecule has 5 rings (SSSR count). The van der Waals surface area contributed by atoms with Gasteiger partial charge in [-0.3, -0.25) is 4.79 Å². The Balaban J connectivity index is 1.47. The SMILES string of the molecule is CCCc1nc2c(C)cc(C(=O)N[C@@H](CO)c3ccccc3)cc2n1Cc1ccc(-c2ccccc2C(=O)O)cc1. The third-order valence-corrected chi connectivity index (χ3v) is 7.31. The Morgan fingerprint density at radius 2 is 1.66 bits per heavy atom. The second-order valence-electron chi connectivity index (χ2n) is 10.2. The van der Waals surface area contributed by atoms with Crippen molar-refractivity contribution in [3.8, 4) is 11.1 Å². The van der Waals surface area contributed by atoms with Gasteiger partial charge >= 0.3 is 5.97 Å². The molecule has 1 heterocycles.